The summed E-state index contributed by atoms with van der Waals surface area (Å²) in [6, 6.07) is 33.6. The van der Waals surface area contributed by atoms with Crippen molar-refractivity contribution < 1.29 is 14.3 Å². The zero-order valence-electron chi connectivity index (χ0n) is 24.7. The Hall–Kier alpha value is -4.05. The first-order chi connectivity index (χ1) is 21.3. The molecule has 2 amide bonds. The van der Waals surface area contributed by atoms with Gasteiger partial charge in [-0.1, -0.05) is 88.7 Å². The van der Waals surface area contributed by atoms with Crippen molar-refractivity contribution in [3.8, 4) is 5.75 Å². The van der Waals surface area contributed by atoms with Crippen LogP contribution in [-0.4, -0.2) is 59.0 Å². The van der Waals surface area contributed by atoms with Crippen molar-refractivity contribution in [1.82, 2.24) is 15.1 Å². The number of rotatable bonds is 8. The third-order valence-electron chi connectivity index (χ3n) is 7.38. The zero-order valence-corrected chi connectivity index (χ0v) is 27.1. The normalized spacial score (nSPS) is 13.5. The Balaban J connectivity index is 1.25. The van der Waals surface area contributed by atoms with Crippen LogP contribution < -0.4 is 15.4 Å². The SMILES string of the molecule is CC(C)Oc1ccc(Br)cc1C(=O)NC(=S)Nc1ccccc1C(=O)N1CCN(C(c2ccccc2)c2ccccc2)CC1. The molecule has 7 nitrogen and oxygen atoms in total. The lowest BCUT2D eigenvalue weighted by Crippen LogP contribution is -2.50. The van der Waals surface area contributed by atoms with Gasteiger partial charge in [-0.25, -0.2) is 0 Å². The summed E-state index contributed by atoms with van der Waals surface area (Å²) in [4.78, 5) is 31.2. The van der Waals surface area contributed by atoms with Gasteiger partial charge < -0.3 is 15.0 Å². The molecule has 1 aliphatic heterocycles. The number of ether oxygens (including phenoxy) is 1. The van der Waals surface area contributed by atoms with Crippen LogP contribution in [0.5, 0.6) is 5.75 Å². The smallest absolute Gasteiger partial charge is 0.261 e. The number of para-hydroxylation sites is 1. The highest BCUT2D eigenvalue weighted by molar-refractivity contribution is 9.10. The maximum absolute atomic E-state index is 13.8. The average molecular weight is 672 g/mol. The highest BCUT2D eigenvalue weighted by atomic mass is 79.9. The molecule has 226 valence electrons. The van der Waals surface area contributed by atoms with Crippen LogP contribution in [0.4, 0.5) is 5.69 Å². The van der Waals surface area contributed by atoms with Gasteiger partial charge in [-0.15, -0.1) is 0 Å². The summed E-state index contributed by atoms with van der Waals surface area (Å²) >= 11 is 8.91. The molecule has 5 rings (SSSR count). The molecule has 2 N–H and O–H groups in total. The molecule has 1 saturated heterocycles. The monoisotopic (exact) mass is 670 g/mol. The molecule has 1 fully saturated rings. The fraction of sp³-hybridized carbons (Fsp3) is 0.229. The molecule has 4 aromatic rings. The van der Waals surface area contributed by atoms with Gasteiger partial charge in [-0.05, 0) is 67.5 Å². The van der Waals surface area contributed by atoms with Crippen LogP contribution in [0.25, 0.3) is 0 Å². The Bertz CT molecular complexity index is 1570. The molecule has 0 spiro atoms. The first-order valence-corrected chi connectivity index (χ1v) is 15.8. The van der Waals surface area contributed by atoms with E-state index < -0.39 is 5.91 Å². The van der Waals surface area contributed by atoms with Crippen molar-refractivity contribution in [1.29, 1.82) is 0 Å². The molecule has 9 heteroatoms. The summed E-state index contributed by atoms with van der Waals surface area (Å²) in [6.45, 7) is 6.44. The lowest BCUT2D eigenvalue weighted by atomic mass is 9.96. The zero-order chi connectivity index (χ0) is 31.1. The first-order valence-electron chi connectivity index (χ1n) is 14.6. The van der Waals surface area contributed by atoms with Gasteiger partial charge in [0.1, 0.15) is 5.75 Å². The van der Waals surface area contributed by atoms with E-state index in [-0.39, 0.29) is 23.2 Å². The van der Waals surface area contributed by atoms with Gasteiger partial charge in [-0.2, -0.15) is 0 Å². The molecule has 0 saturated carbocycles. The molecule has 0 atom stereocenters. The number of nitrogens with one attached hydrogen (secondary N) is 2. The molecule has 0 unspecified atom stereocenters. The minimum Gasteiger partial charge on any atom is -0.490 e. The van der Waals surface area contributed by atoms with Crippen molar-refractivity contribution in [2.75, 3.05) is 31.5 Å². The number of carbonyl (C=O) groups excluding carboxylic acids is 2. The van der Waals surface area contributed by atoms with E-state index in [1.165, 1.54) is 11.1 Å². The Morgan fingerprint density at radius 3 is 2.00 bits per heavy atom. The number of piperazine rings is 1. The van der Waals surface area contributed by atoms with E-state index in [2.05, 4.69) is 80.0 Å². The molecular weight excluding hydrogens is 636 g/mol. The molecule has 0 bridgehead atoms. The van der Waals surface area contributed by atoms with Crippen molar-refractivity contribution in [2.45, 2.75) is 26.0 Å². The number of thiocarbonyl (C=S) groups is 1. The molecule has 1 heterocycles. The van der Waals surface area contributed by atoms with Crippen LogP contribution in [0.2, 0.25) is 0 Å². The Kier molecular flexibility index (Phi) is 10.4. The van der Waals surface area contributed by atoms with Gasteiger partial charge in [0.05, 0.1) is 29.0 Å². The highest BCUT2D eigenvalue weighted by Gasteiger charge is 2.29. The number of nitrogens with zero attached hydrogens (tertiary/aromatic N) is 2. The third-order valence-corrected chi connectivity index (χ3v) is 8.08. The molecule has 1 aliphatic rings. The van der Waals surface area contributed by atoms with Crippen molar-refractivity contribution >= 4 is 50.8 Å². The van der Waals surface area contributed by atoms with Gasteiger partial charge in [0, 0.05) is 30.7 Å². The van der Waals surface area contributed by atoms with E-state index in [1.54, 1.807) is 24.3 Å². The highest BCUT2D eigenvalue weighted by Crippen LogP contribution is 2.30. The van der Waals surface area contributed by atoms with E-state index in [9.17, 15) is 9.59 Å². The second-order valence-electron chi connectivity index (χ2n) is 10.8. The summed E-state index contributed by atoms with van der Waals surface area (Å²) in [6.07, 6.45) is -0.102. The summed E-state index contributed by atoms with van der Waals surface area (Å²) in [5.41, 5.74) is 3.84. The Labute approximate surface area is 272 Å². The number of hydrogen-bond donors (Lipinski definition) is 2. The lowest BCUT2D eigenvalue weighted by Gasteiger charge is -2.40. The molecule has 0 aromatic heterocycles. The molecule has 4 aromatic carbocycles. The van der Waals surface area contributed by atoms with Gasteiger partial charge in [0.25, 0.3) is 11.8 Å². The largest absolute Gasteiger partial charge is 0.490 e. The molecular formula is C35H35BrN4O3S. The summed E-state index contributed by atoms with van der Waals surface area (Å²) in [5, 5.41) is 5.88. The fourth-order valence-corrected chi connectivity index (χ4v) is 5.94. The third kappa shape index (κ3) is 7.72. The number of benzene rings is 4. The second kappa shape index (κ2) is 14.6. The predicted octanol–water partition coefficient (Wildman–Crippen LogP) is 6.91. The molecule has 44 heavy (non-hydrogen) atoms. The molecule has 0 radical (unpaired) electrons. The minimum atomic E-state index is -0.411. The maximum atomic E-state index is 13.8. The number of halogens is 1. The van der Waals surface area contributed by atoms with E-state index in [1.807, 2.05) is 49.1 Å². The van der Waals surface area contributed by atoms with Crippen LogP contribution in [0.3, 0.4) is 0 Å². The van der Waals surface area contributed by atoms with Crippen LogP contribution in [0, 0.1) is 0 Å². The van der Waals surface area contributed by atoms with E-state index in [0.717, 1.165) is 17.6 Å². The van der Waals surface area contributed by atoms with Gasteiger partial charge in [0.2, 0.25) is 0 Å². The van der Waals surface area contributed by atoms with Gasteiger partial charge in [-0.3, -0.25) is 19.8 Å². The van der Waals surface area contributed by atoms with Crippen LogP contribution in [0.15, 0.2) is 108 Å². The van der Waals surface area contributed by atoms with E-state index >= 15 is 0 Å². The predicted molar refractivity (Wildman–Crippen MR) is 182 cm³/mol. The van der Waals surface area contributed by atoms with Crippen LogP contribution in [0.1, 0.15) is 51.7 Å². The van der Waals surface area contributed by atoms with Gasteiger partial charge in [0.15, 0.2) is 5.11 Å². The summed E-state index contributed by atoms with van der Waals surface area (Å²) in [5.74, 6) is -0.0387. The first kappa shape index (κ1) is 31.4. The van der Waals surface area contributed by atoms with Crippen LogP contribution >= 0.6 is 28.1 Å². The lowest BCUT2D eigenvalue weighted by molar-refractivity contribution is 0.0598. The Morgan fingerprint density at radius 1 is 0.795 bits per heavy atom. The second-order valence-corrected chi connectivity index (χ2v) is 12.1. The van der Waals surface area contributed by atoms with Crippen molar-refractivity contribution in [3.63, 3.8) is 0 Å². The van der Waals surface area contributed by atoms with Gasteiger partial charge >= 0.3 is 0 Å². The topological polar surface area (TPSA) is 73.9 Å². The van der Waals surface area contributed by atoms with Crippen molar-refractivity contribution in [2.24, 2.45) is 0 Å². The molecule has 0 aliphatic carbocycles. The van der Waals surface area contributed by atoms with Crippen molar-refractivity contribution in [3.05, 3.63) is 130 Å². The van der Waals surface area contributed by atoms with Crippen LogP contribution in [-0.2, 0) is 0 Å². The number of hydrogen-bond acceptors (Lipinski definition) is 5. The maximum Gasteiger partial charge on any atom is 0.261 e. The number of amides is 2. The number of carbonyl (C=O) groups is 2. The quantitative estimate of drug-likeness (QED) is 0.199. The number of anilines is 1. The minimum absolute atomic E-state index is 0.0857. The standard InChI is InChI=1S/C35H35BrN4O3S/c1-24(2)43-31-18-17-27(36)23-29(31)33(41)38-35(44)37-30-16-10-9-15-28(30)34(42)40-21-19-39(20-22-40)32(25-11-5-3-6-12-25)26-13-7-4-8-14-26/h3-18,23-24,32H,19-22H2,1-2H3,(H2,37,38,41,44). The van der Waals surface area contributed by atoms with E-state index in [4.69, 9.17) is 17.0 Å². The summed E-state index contributed by atoms with van der Waals surface area (Å²) in [7, 11) is 0. The van der Waals surface area contributed by atoms with E-state index in [0.29, 0.717) is 35.7 Å². The summed E-state index contributed by atoms with van der Waals surface area (Å²) < 4.78 is 6.56. The average Bonchev–Trinajstić information content (AvgIpc) is 3.03. The fourth-order valence-electron chi connectivity index (χ4n) is 5.38. The Morgan fingerprint density at radius 2 is 1.39 bits per heavy atom.